The zero-order chi connectivity index (χ0) is 17.8. The number of rotatable bonds is 5. The first-order valence-electron chi connectivity index (χ1n) is 8.17. The summed E-state index contributed by atoms with van der Waals surface area (Å²) >= 11 is 0. The van der Waals surface area contributed by atoms with Crippen molar-refractivity contribution >= 4 is 0 Å². The second kappa shape index (κ2) is 7.74. The predicted molar refractivity (Wildman–Crippen MR) is 86.5 cm³/mol. The molecular formula is C18H19F3N2O2. The molecule has 1 aliphatic rings. The SMILES string of the molecule is Cc1ccc(OC[C@H]2CCCNC2)c(Oc2c(F)ccc(F)c2F)n1. The third-order valence-corrected chi connectivity index (χ3v) is 4.04. The first-order valence-corrected chi connectivity index (χ1v) is 8.17. The van der Waals surface area contributed by atoms with Gasteiger partial charge in [-0.3, -0.25) is 0 Å². The van der Waals surface area contributed by atoms with Crippen molar-refractivity contribution in [3.05, 3.63) is 47.4 Å². The molecule has 25 heavy (non-hydrogen) atoms. The molecule has 1 aromatic heterocycles. The summed E-state index contributed by atoms with van der Waals surface area (Å²) in [5.74, 6) is -3.92. The molecule has 1 aromatic carbocycles. The summed E-state index contributed by atoms with van der Waals surface area (Å²) < 4.78 is 52.0. The number of halogens is 3. The molecule has 3 rings (SSSR count). The van der Waals surface area contributed by atoms with E-state index in [4.69, 9.17) is 9.47 Å². The van der Waals surface area contributed by atoms with Gasteiger partial charge >= 0.3 is 0 Å². The summed E-state index contributed by atoms with van der Waals surface area (Å²) in [6.07, 6.45) is 2.11. The number of ether oxygens (including phenoxy) is 2. The molecule has 1 fully saturated rings. The molecule has 0 aliphatic carbocycles. The predicted octanol–water partition coefficient (Wildman–Crippen LogP) is 3.98. The molecule has 0 bridgehead atoms. The summed E-state index contributed by atoms with van der Waals surface area (Å²) in [5, 5.41) is 3.29. The average Bonchev–Trinajstić information content (AvgIpc) is 2.62. The Morgan fingerprint density at radius 2 is 1.96 bits per heavy atom. The van der Waals surface area contributed by atoms with Gasteiger partial charge in [0.05, 0.1) is 6.61 Å². The summed E-state index contributed by atoms with van der Waals surface area (Å²) in [4.78, 5) is 4.13. The lowest BCUT2D eigenvalue weighted by atomic mass is 10.0. The highest BCUT2D eigenvalue weighted by molar-refractivity contribution is 5.39. The molecule has 0 unspecified atom stereocenters. The molecule has 0 radical (unpaired) electrons. The largest absolute Gasteiger partial charge is 0.488 e. The van der Waals surface area contributed by atoms with Crippen molar-refractivity contribution in [1.82, 2.24) is 10.3 Å². The number of hydrogen-bond acceptors (Lipinski definition) is 4. The quantitative estimate of drug-likeness (QED) is 0.827. The van der Waals surface area contributed by atoms with Crippen LogP contribution in [0.4, 0.5) is 13.2 Å². The fourth-order valence-electron chi connectivity index (χ4n) is 2.68. The van der Waals surface area contributed by atoms with Crippen molar-refractivity contribution in [2.75, 3.05) is 19.7 Å². The molecule has 0 spiro atoms. The Hall–Kier alpha value is -2.28. The molecule has 0 amide bonds. The number of piperidine rings is 1. The van der Waals surface area contributed by atoms with Gasteiger partial charge < -0.3 is 14.8 Å². The maximum Gasteiger partial charge on any atom is 0.262 e. The first-order chi connectivity index (χ1) is 12.0. The van der Waals surface area contributed by atoms with Crippen LogP contribution in [0, 0.1) is 30.3 Å². The second-order valence-electron chi connectivity index (χ2n) is 6.05. The molecular weight excluding hydrogens is 333 g/mol. The summed E-state index contributed by atoms with van der Waals surface area (Å²) in [5.41, 5.74) is 0.582. The lowest BCUT2D eigenvalue weighted by molar-refractivity contribution is 0.210. The van der Waals surface area contributed by atoms with Gasteiger partial charge in [0.1, 0.15) is 0 Å². The Balaban J connectivity index is 1.81. The van der Waals surface area contributed by atoms with E-state index in [2.05, 4.69) is 10.3 Å². The number of pyridine rings is 1. The third kappa shape index (κ3) is 4.22. The van der Waals surface area contributed by atoms with Crippen molar-refractivity contribution in [3.8, 4) is 17.4 Å². The summed E-state index contributed by atoms with van der Waals surface area (Å²) in [6, 6.07) is 4.84. The van der Waals surface area contributed by atoms with Gasteiger partial charge in [-0.1, -0.05) is 0 Å². The van der Waals surface area contributed by atoms with Crippen LogP contribution < -0.4 is 14.8 Å². The minimum atomic E-state index is -1.40. The van der Waals surface area contributed by atoms with Gasteiger partial charge in [0.2, 0.25) is 11.6 Å². The monoisotopic (exact) mass is 352 g/mol. The zero-order valence-corrected chi connectivity index (χ0v) is 13.8. The molecule has 0 saturated carbocycles. The van der Waals surface area contributed by atoms with E-state index in [1.807, 2.05) is 0 Å². The van der Waals surface area contributed by atoms with E-state index >= 15 is 0 Å². The number of hydrogen-bond donors (Lipinski definition) is 1. The van der Waals surface area contributed by atoms with Gasteiger partial charge in [0.25, 0.3) is 5.88 Å². The fourth-order valence-corrected chi connectivity index (χ4v) is 2.68. The highest BCUT2D eigenvalue weighted by Gasteiger charge is 2.20. The Labute approximate surface area is 144 Å². The lowest BCUT2D eigenvalue weighted by Crippen LogP contribution is -2.33. The van der Waals surface area contributed by atoms with Crippen molar-refractivity contribution < 1.29 is 22.6 Å². The Morgan fingerprint density at radius 1 is 1.16 bits per heavy atom. The van der Waals surface area contributed by atoms with Crippen LogP contribution >= 0.6 is 0 Å². The maximum atomic E-state index is 13.8. The smallest absolute Gasteiger partial charge is 0.262 e. The van der Waals surface area contributed by atoms with E-state index < -0.39 is 23.2 Å². The van der Waals surface area contributed by atoms with E-state index in [0.717, 1.165) is 32.0 Å². The molecule has 1 N–H and O–H groups in total. The van der Waals surface area contributed by atoms with Crippen LogP contribution in [0.2, 0.25) is 0 Å². The van der Waals surface area contributed by atoms with Crippen LogP contribution in [0.1, 0.15) is 18.5 Å². The van der Waals surface area contributed by atoms with Gasteiger partial charge in [0.15, 0.2) is 17.4 Å². The van der Waals surface area contributed by atoms with Crippen molar-refractivity contribution in [1.29, 1.82) is 0 Å². The van der Waals surface area contributed by atoms with Gasteiger partial charge in [-0.2, -0.15) is 4.39 Å². The van der Waals surface area contributed by atoms with Gasteiger partial charge in [-0.15, -0.1) is 0 Å². The van der Waals surface area contributed by atoms with Crippen LogP contribution in [0.3, 0.4) is 0 Å². The van der Waals surface area contributed by atoms with E-state index in [-0.39, 0.29) is 11.6 Å². The van der Waals surface area contributed by atoms with E-state index in [0.29, 0.717) is 24.3 Å². The fraction of sp³-hybridized carbons (Fsp3) is 0.389. The molecule has 1 saturated heterocycles. The van der Waals surface area contributed by atoms with Gasteiger partial charge in [-0.05, 0) is 50.6 Å². The molecule has 7 heteroatoms. The first kappa shape index (κ1) is 17.5. The number of aromatic nitrogens is 1. The lowest BCUT2D eigenvalue weighted by Gasteiger charge is -2.23. The van der Waals surface area contributed by atoms with Crippen LogP contribution in [0.5, 0.6) is 17.4 Å². The minimum Gasteiger partial charge on any atom is -0.488 e. The topological polar surface area (TPSA) is 43.4 Å². The average molecular weight is 352 g/mol. The number of aryl methyl sites for hydroxylation is 1. The second-order valence-corrected chi connectivity index (χ2v) is 6.05. The van der Waals surface area contributed by atoms with Crippen LogP contribution in [0.25, 0.3) is 0 Å². The standard InChI is InChI=1S/C18H19F3N2O2/c1-11-4-7-15(24-10-12-3-2-8-22-9-12)18(23-11)25-17-14(20)6-5-13(19)16(17)21/h4-7,12,22H,2-3,8-10H2,1H3/t12-/m0/s1. The highest BCUT2D eigenvalue weighted by atomic mass is 19.2. The zero-order valence-electron chi connectivity index (χ0n) is 13.8. The van der Waals surface area contributed by atoms with Crippen molar-refractivity contribution in [2.45, 2.75) is 19.8 Å². The van der Waals surface area contributed by atoms with Gasteiger partial charge in [0, 0.05) is 18.2 Å². The number of benzene rings is 1. The number of nitrogens with one attached hydrogen (secondary N) is 1. The Bertz CT molecular complexity index is 749. The van der Waals surface area contributed by atoms with Crippen LogP contribution in [0.15, 0.2) is 24.3 Å². The minimum absolute atomic E-state index is 0.0906. The van der Waals surface area contributed by atoms with Crippen molar-refractivity contribution in [3.63, 3.8) is 0 Å². The molecule has 1 atom stereocenters. The molecule has 2 heterocycles. The molecule has 4 nitrogen and oxygen atoms in total. The summed E-state index contributed by atoms with van der Waals surface area (Å²) in [7, 11) is 0. The van der Waals surface area contributed by atoms with E-state index in [1.165, 1.54) is 0 Å². The maximum absolute atomic E-state index is 13.8. The van der Waals surface area contributed by atoms with Gasteiger partial charge in [-0.25, -0.2) is 13.8 Å². The third-order valence-electron chi connectivity index (χ3n) is 4.04. The highest BCUT2D eigenvalue weighted by Crippen LogP contribution is 2.34. The van der Waals surface area contributed by atoms with Crippen molar-refractivity contribution in [2.24, 2.45) is 5.92 Å². The van der Waals surface area contributed by atoms with E-state index in [9.17, 15) is 13.2 Å². The molecule has 2 aromatic rings. The van der Waals surface area contributed by atoms with E-state index in [1.54, 1.807) is 19.1 Å². The van der Waals surface area contributed by atoms with Crippen LogP contribution in [-0.4, -0.2) is 24.7 Å². The molecule has 134 valence electrons. The Morgan fingerprint density at radius 3 is 2.72 bits per heavy atom. The Kier molecular flexibility index (Phi) is 5.43. The summed E-state index contributed by atoms with van der Waals surface area (Å²) in [6.45, 7) is 3.99. The number of nitrogens with zero attached hydrogens (tertiary/aromatic N) is 1. The van der Waals surface area contributed by atoms with Crippen LogP contribution in [-0.2, 0) is 0 Å². The molecule has 1 aliphatic heterocycles. The normalized spacial score (nSPS) is 17.4.